The van der Waals surface area contributed by atoms with E-state index in [4.69, 9.17) is 4.74 Å². The summed E-state index contributed by atoms with van der Waals surface area (Å²) in [5, 5.41) is 9.34. The first-order valence-electron chi connectivity index (χ1n) is 9.57. The number of benzene rings is 2. The first-order valence-corrected chi connectivity index (χ1v) is 9.57. The van der Waals surface area contributed by atoms with Gasteiger partial charge in [0.15, 0.2) is 6.61 Å². The number of halogens is 3. The predicted molar refractivity (Wildman–Crippen MR) is 104 cm³/mol. The maximum Gasteiger partial charge on any atom is 0.406 e. The van der Waals surface area contributed by atoms with Crippen molar-refractivity contribution in [3.05, 3.63) is 54.1 Å². The van der Waals surface area contributed by atoms with Crippen LogP contribution in [0, 0.1) is 5.92 Å². The third-order valence-electron chi connectivity index (χ3n) is 5.11. The van der Waals surface area contributed by atoms with E-state index in [9.17, 15) is 27.9 Å². The Morgan fingerprint density at radius 1 is 1.07 bits per heavy atom. The predicted octanol–water partition coefficient (Wildman–Crippen LogP) is 4.41. The van der Waals surface area contributed by atoms with E-state index in [1.165, 1.54) is 12.1 Å². The molecule has 1 fully saturated rings. The summed E-state index contributed by atoms with van der Waals surface area (Å²) in [5.41, 5.74) is 1.82. The van der Waals surface area contributed by atoms with E-state index in [1.807, 2.05) is 0 Å². The zero-order valence-electron chi connectivity index (χ0n) is 16.4. The summed E-state index contributed by atoms with van der Waals surface area (Å²) in [6.07, 6.45) is -2.95. The molecule has 0 heterocycles. The lowest BCUT2D eigenvalue weighted by atomic mass is 10.0. The van der Waals surface area contributed by atoms with Crippen molar-refractivity contribution < 1.29 is 32.6 Å². The minimum Gasteiger partial charge on any atom is -0.508 e. The maximum atomic E-state index is 12.9. The van der Waals surface area contributed by atoms with Gasteiger partial charge in [-0.15, -0.1) is 0 Å². The van der Waals surface area contributed by atoms with Gasteiger partial charge in [-0.25, -0.2) is 4.79 Å². The molecule has 30 heavy (non-hydrogen) atoms. The molecule has 0 radical (unpaired) electrons. The molecule has 0 bridgehead atoms. The summed E-state index contributed by atoms with van der Waals surface area (Å²) in [4.78, 5) is 25.3. The Kier molecular flexibility index (Phi) is 6.34. The highest BCUT2D eigenvalue weighted by atomic mass is 19.4. The van der Waals surface area contributed by atoms with Crippen LogP contribution < -0.4 is 0 Å². The zero-order valence-corrected chi connectivity index (χ0v) is 16.4. The van der Waals surface area contributed by atoms with Crippen LogP contribution >= 0.6 is 0 Å². The van der Waals surface area contributed by atoms with Crippen LogP contribution in [0.2, 0.25) is 0 Å². The number of carbonyl (C=O) groups is 2. The molecule has 1 saturated carbocycles. The van der Waals surface area contributed by atoms with E-state index in [1.54, 1.807) is 43.3 Å². The number of aromatic hydroxyl groups is 1. The molecular weight excluding hydrogens is 399 g/mol. The summed E-state index contributed by atoms with van der Waals surface area (Å²) in [5.74, 6) is -1.45. The molecule has 2 aromatic rings. The standard InChI is InChI=1S/C22H22F3NO4/c1-14(15-2-3-15)26(13-22(23,24)25)20(28)12-30-21(29)18-6-4-16(5-7-18)17-8-10-19(27)11-9-17/h4-11,14-15,27H,2-3,12-13H2,1H3/t14-/m1/s1. The largest absolute Gasteiger partial charge is 0.508 e. The van der Waals surface area contributed by atoms with Crippen LogP contribution in [0.5, 0.6) is 5.75 Å². The highest BCUT2D eigenvalue weighted by molar-refractivity contribution is 5.92. The average molecular weight is 421 g/mol. The van der Waals surface area contributed by atoms with Gasteiger partial charge in [-0.05, 0) is 61.1 Å². The van der Waals surface area contributed by atoms with Gasteiger partial charge in [0.05, 0.1) is 5.56 Å². The van der Waals surface area contributed by atoms with Crippen molar-refractivity contribution in [2.24, 2.45) is 5.92 Å². The Morgan fingerprint density at radius 2 is 1.60 bits per heavy atom. The minimum atomic E-state index is -4.52. The van der Waals surface area contributed by atoms with E-state index >= 15 is 0 Å². The number of ether oxygens (including phenoxy) is 1. The third-order valence-corrected chi connectivity index (χ3v) is 5.11. The van der Waals surface area contributed by atoms with Gasteiger partial charge in [0.25, 0.3) is 5.91 Å². The molecule has 1 atom stereocenters. The van der Waals surface area contributed by atoms with Crippen molar-refractivity contribution in [1.82, 2.24) is 4.90 Å². The number of phenolic OH excluding ortho intramolecular Hbond substituents is 1. The fourth-order valence-electron chi connectivity index (χ4n) is 3.23. The highest BCUT2D eigenvalue weighted by Crippen LogP contribution is 2.36. The second-order valence-corrected chi connectivity index (χ2v) is 7.42. The van der Waals surface area contributed by atoms with Gasteiger partial charge in [-0.2, -0.15) is 13.2 Å². The summed E-state index contributed by atoms with van der Waals surface area (Å²) >= 11 is 0. The topological polar surface area (TPSA) is 66.8 Å². The van der Waals surface area contributed by atoms with Crippen LogP contribution in [0.3, 0.4) is 0 Å². The fraction of sp³-hybridized carbons (Fsp3) is 0.364. The zero-order chi connectivity index (χ0) is 21.9. The van der Waals surface area contributed by atoms with Crippen LogP contribution in [0.4, 0.5) is 13.2 Å². The molecule has 1 aliphatic carbocycles. The highest BCUT2D eigenvalue weighted by Gasteiger charge is 2.40. The Labute approximate surface area is 172 Å². The number of alkyl halides is 3. The quantitative estimate of drug-likeness (QED) is 0.673. The smallest absolute Gasteiger partial charge is 0.406 e. The monoisotopic (exact) mass is 421 g/mol. The van der Waals surface area contributed by atoms with E-state index in [-0.39, 0.29) is 17.2 Å². The molecule has 0 aliphatic heterocycles. The van der Waals surface area contributed by atoms with Crippen LogP contribution in [0.1, 0.15) is 30.1 Å². The molecule has 160 valence electrons. The van der Waals surface area contributed by atoms with E-state index in [0.717, 1.165) is 28.9 Å². The number of carbonyl (C=O) groups excluding carboxylic acids is 2. The van der Waals surface area contributed by atoms with Crippen molar-refractivity contribution in [1.29, 1.82) is 0 Å². The number of phenols is 1. The maximum absolute atomic E-state index is 12.9. The number of esters is 1. The Bertz CT molecular complexity index is 890. The van der Waals surface area contributed by atoms with Crippen LogP contribution in [-0.4, -0.2) is 47.3 Å². The molecule has 0 saturated heterocycles. The Hall–Kier alpha value is -3.03. The minimum absolute atomic E-state index is 0.0550. The molecule has 0 spiro atoms. The van der Waals surface area contributed by atoms with Gasteiger partial charge in [0.2, 0.25) is 0 Å². The first kappa shape index (κ1) is 21.7. The van der Waals surface area contributed by atoms with Gasteiger partial charge < -0.3 is 14.7 Å². The van der Waals surface area contributed by atoms with Gasteiger partial charge in [-0.1, -0.05) is 24.3 Å². The summed E-state index contributed by atoms with van der Waals surface area (Å²) < 4.78 is 43.5. The Balaban J connectivity index is 1.60. The number of rotatable bonds is 7. The van der Waals surface area contributed by atoms with Crippen LogP contribution in [0.25, 0.3) is 11.1 Å². The number of amides is 1. The van der Waals surface area contributed by atoms with E-state index in [0.29, 0.717) is 0 Å². The number of hydrogen-bond acceptors (Lipinski definition) is 4. The molecule has 3 rings (SSSR count). The molecule has 1 N–H and O–H groups in total. The van der Waals surface area contributed by atoms with Crippen molar-refractivity contribution in [3.8, 4) is 16.9 Å². The lowest BCUT2D eigenvalue weighted by Crippen LogP contribution is -2.47. The molecule has 0 unspecified atom stereocenters. The second kappa shape index (κ2) is 8.77. The van der Waals surface area contributed by atoms with E-state index in [2.05, 4.69) is 0 Å². The molecule has 2 aromatic carbocycles. The van der Waals surface area contributed by atoms with Gasteiger partial charge in [-0.3, -0.25) is 4.79 Å². The first-order chi connectivity index (χ1) is 14.1. The van der Waals surface area contributed by atoms with Crippen LogP contribution in [0.15, 0.2) is 48.5 Å². The number of nitrogens with zero attached hydrogens (tertiary/aromatic N) is 1. The van der Waals surface area contributed by atoms with E-state index < -0.39 is 37.2 Å². The summed E-state index contributed by atoms with van der Waals surface area (Å²) in [6, 6.07) is 12.3. The molecule has 5 nitrogen and oxygen atoms in total. The second-order valence-electron chi connectivity index (χ2n) is 7.42. The molecule has 1 aliphatic rings. The van der Waals surface area contributed by atoms with Crippen molar-refractivity contribution in [2.45, 2.75) is 32.0 Å². The van der Waals surface area contributed by atoms with Gasteiger partial charge in [0.1, 0.15) is 12.3 Å². The van der Waals surface area contributed by atoms with Crippen molar-refractivity contribution >= 4 is 11.9 Å². The van der Waals surface area contributed by atoms with Gasteiger partial charge >= 0.3 is 12.1 Å². The van der Waals surface area contributed by atoms with Crippen molar-refractivity contribution in [3.63, 3.8) is 0 Å². The normalized spacial score (nSPS) is 14.8. The average Bonchev–Trinajstić information content (AvgIpc) is 3.55. The lowest BCUT2D eigenvalue weighted by molar-refractivity contribution is -0.167. The molecule has 8 heteroatoms. The van der Waals surface area contributed by atoms with Crippen LogP contribution in [-0.2, 0) is 9.53 Å². The molecular formula is C22H22F3NO4. The third kappa shape index (κ3) is 5.75. The lowest BCUT2D eigenvalue weighted by Gasteiger charge is -2.30. The SMILES string of the molecule is C[C@H](C1CC1)N(CC(F)(F)F)C(=O)COC(=O)c1ccc(-c2ccc(O)cc2)cc1. The van der Waals surface area contributed by atoms with Crippen molar-refractivity contribution in [2.75, 3.05) is 13.2 Å². The molecule has 0 aromatic heterocycles. The van der Waals surface area contributed by atoms with Gasteiger partial charge in [0, 0.05) is 6.04 Å². The molecule has 1 amide bonds. The Morgan fingerprint density at radius 3 is 2.10 bits per heavy atom. The summed E-state index contributed by atoms with van der Waals surface area (Å²) in [7, 11) is 0. The summed E-state index contributed by atoms with van der Waals surface area (Å²) in [6.45, 7) is -0.515. The fourth-order valence-corrected chi connectivity index (χ4v) is 3.23. The number of hydrogen-bond donors (Lipinski definition) is 1.